The molecular formula is C25H34O. The van der Waals surface area contributed by atoms with Gasteiger partial charge in [-0.05, 0) is 63.0 Å². The van der Waals surface area contributed by atoms with Crippen LogP contribution in [0.5, 0.6) is 0 Å². The van der Waals surface area contributed by atoms with Crippen molar-refractivity contribution in [2.45, 2.75) is 67.2 Å². The SMILES string of the molecule is C=c1c(C(C)C)cc(=C2C=C(C(C)C)C(=O)C(C(C)C)=C2)cc1C(C)C. The van der Waals surface area contributed by atoms with Crippen molar-refractivity contribution in [1.82, 2.24) is 0 Å². The fraction of sp³-hybridized carbons (Fsp3) is 0.480. The number of rotatable bonds is 4. The minimum absolute atomic E-state index is 0.209. The van der Waals surface area contributed by atoms with E-state index in [1.165, 1.54) is 16.3 Å². The fourth-order valence-corrected chi connectivity index (χ4v) is 3.61. The van der Waals surface area contributed by atoms with Crippen LogP contribution >= 0.6 is 0 Å². The van der Waals surface area contributed by atoms with Crippen LogP contribution in [0.3, 0.4) is 0 Å². The summed E-state index contributed by atoms with van der Waals surface area (Å²) >= 11 is 0. The quantitative estimate of drug-likeness (QED) is 0.725. The maximum atomic E-state index is 12.8. The van der Waals surface area contributed by atoms with Gasteiger partial charge in [-0.1, -0.05) is 74.1 Å². The van der Waals surface area contributed by atoms with Crippen molar-refractivity contribution < 1.29 is 4.79 Å². The Bertz CT molecular complexity index is 808. The summed E-state index contributed by atoms with van der Waals surface area (Å²) < 4.78 is 0. The van der Waals surface area contributed by atoms with Crippen molar-refractivity contribution in [3.8, 4) is 0 Å². The normalized spacial score (nSPS) is 15.4. The zero-order valence-corrected chi connectivity index (χ0v) is 17.7. The highest BCUT2D eigenvalue weighted by Crippen LogP contribution is 2.28. The Morgan fingerprint density at radius 1 is 0.692 bits per heavy atom. The van der Waals surface area contributed by atoms with Crippen molar-refractivity contribution in [1.29, 1.82) is 0 Å². The van der Waals surface area contributed by atoms with Crippen LogP contribution in [-0.4, -0.2) is 5.78 Å². The van der Waals surface area contributed by atoms with Crippen LogP contribution in [0.4, 0.5) is 0 Å². The van der Waals surface area contributed by atoms with Gasteiger partial charge in [-0.3, -0.25) is 4.79 Å². The first kappa shape index (κ1) is 20.4. The average molecular weight is 351 g/mol. The number of allylic oxidation sites excluding steroid dienone is 4. The highest BCUT2D eigenvalue weighted by atomic mass is 16.1. The van der Waals surface area contributed by atoms with Gasteiger partial charge in [0.2, 0.25) is 0 Å². The molecule has 1 aliphatic rings. The molecule has 0 saturated heterocycles. The van der Waals surface area contributed by atoms with Gasteiger partial charge < -0.3 is 0 Å². The molecule has 0 fully saturated rings. The van der Waals surface area contributed by atoms with Gasteiger partial charge in [-0.15, -0.1) is 0 Å². The lowest BCUT2D eigenvalue weighted by molar-refractivity contribution is -0.113. The van der Waals surface area contributed by atoms with Gasteiger partial charge in [-0.25, -0.2) is 0 Å². The Morgan fingerprint density at radius 3 is 1.38 bits per heavy atom. The molecule has 1 nitrogen and oxygen atoms in total. The van der Waals surface area contributed by atoms with Crippen LogP contribution in [0, 0.1) is 11.8 Å². The highest BCUT2D eigenvalue weighted by molar-refractivity contribution is 6.13. The lowest BCUT2D eigenvalue weighted by Crippen LogP contribution is -2.24. The second kappa shape index (κ2) is 7.78. The summed E-state index contributed by atoms with van der Waals surface area (Å²) in [5, 5.41) is 2.36. The molecule has 2 rings (SSSR count). The zero-order chi connectivity index (χ0) is 19.8. The molecule has 0 spiro atoms. The Kier molecular flexibility index (Phi) is 6.11. The molecule has 0 radical (unpaired) electrons. The molecule has 26 heavy (non-hydrogen) atoms. The maximum absolute atomic E-state index is 12.8. The summed E-state index contributed by atoms with van der Waals surface area (Å²) in [7, 11) is 0. The van der Waals surface area contributed by atoms with Gasteiger partial charge in [0, 0.05) is 11.1 Å². The van der Waals surface area contributed by atoms with Crippen LogP contribution < -0.4 is 10.4 Å². The van der Waals surface area contributed by atoms with Crippen molar-refractivity contribution in [3.63, 3.8) is 0 Å². The first-order valence-corrected chi connectivity index (χ1v) is 9.89. The molecule has 0 unspecified atom stereocenters. The number of hydrogen-bond acceptors (Lipinski definition) is 1. The lowest BCUT2D eigenvalue weighted by Gasteiger charge is -2.21. The summed E-state index contributed by atoms with van der Waals surface area (Å²) in [6.45, 7) is 21.6. The predicted molar refractivity (Wildman–Crippen MR) is 114 cm³/mol. The van der Waals surface area contributed by atoms with Gasteiger partial charge >= 0.3 is 0 Å². The predicted octanol–water partition coefficient (Wildman–Crippen LogP) is 5.24. The van der Waals surface area contributed by atoms with E-state index in [9.17, 15) is 4.79 Å². The standard InChI is InChI=1S/C25H34O/c1-14(2)21-10-19(11-22(15(3)4)18(21)9)20-12-23(16(5)6)25(26)24(13-20)17(7)8/h10-17H,9H2,1-8H3. The molecule has 1 aromatic carbocycles. The summed E-state index contributed by atoms with van der Waals surface area (Å²) in [6.07, 6.45) is 4.20. The van der Waals surface area contributed by atoms with Gasteiger partial charge in [0.05, 0.1) is 0 Å². The number of carbonyl (C=O) groups is 1. The summed E-state index contributed by atoms with van der Waals surface area (Å²) in [4.78, 5) is 12.8. The fourth-order valence-electron chi connectivity index (χ4n) is 3.61. The minimum Gasteiger partial charge on any atom is -0.289 e. The van der Waals surface area contributed by atoms with E-state index in [-0.39, 0.29) is 17.6 Å². The molecule has 0 aromatic heterocycles. The molecule has 0 saturated carbocycles. The van der Waals surface area contributed by atoms with Crippen LogP contribution in [0.15, 0.2) is 35.4 Å². The molecular weight excluding hydrogens is 316 g/mol. The van der Waals surface area contributed by atoms with Gasteiger partial charge in [0.25, 0.3) is 0 Å². The van der Waals surface area contributed by atoms with Crippen LogP contribution in [-0.2, 0) is 4.79 Å². The topological polar surface area (TPSA) is 17.1 Å². The third-order valence-electron chi connectivity index (χ3n) is 5.29. The largest absolute Gasteiger partial charge is 0.289 e. The second-order valence-corrected chi connectivity index (χ2v) is 8.74. The molecule has 0 atom stereocenters. The van der Waals surface area contributed by atoms with Crippen LogP contribution in [0.25, 0.3) is 12.2 Å². The van der Waals surface area contributed by atoms with Gasteiger partial charge in [0.1, 0.15) is 0 Å². The number of hydrogen-bond donors (Lipinski definition) is 0. The monoisotopic (exact) mass is 350 g/mol. The highest BCUT2D eigenvalue weighted by Gasteiger charge is 2.24. The molecule has 140 valence electrons. The van der Waals surface area contributed by atoms with E-state index in [2.05, 4.69) is 86.3 Å². The first-order chi connectivity index (χ1) is 12.0. The Labute approximate surface area is 159 Å². The summed E-state index contributed by atoms with van der Waals surface area (Å²) in [6, 6.07) is 4.54. The molecule has 0 N–H and O–H groups in total. The minimum atomic E-state index is 0.209. The third-order valence-corrected chi connectivity index (χ3v) is 5.29. The van der Waals surface area contributed by atoms with E-state index in [0.717, 1.165) is 21.9 Å². The maximum Gasteiger partial charge on any atom is 0.185 e. The zero-order valence-electron chi connectivity index (χ0n) is 17.7. The van der Waals surface area contributed by atoms with Gasteiger partial charge in [0.15, 0.2) is 5.78 Å². The summed E-state index contributed by atoms with van der Waals surface area (Å²) in [5.74, 6) is 1.50. The summed E-state index contributed by atoms with van der Waals surface area (Å²) in [5.41, 5.74) is 5.59. The van der Waals surface area contributed by atoms with Crippen molar-refractivity contribution in [2.24, 2.45) is 11.8 Å². The number of benzene rings is 1. The molecule has 0 heterocycles. The molecule has 1 heteroatoms. The molecule has 0 amide bonds. The molecule has 0 aliphatic heterocycles. The Morgan fingerprint density at radius 2 is 1.08 bits per heavy atom. The van der Waals surface area contributed by atoms with Gasteiger partial charge in [-0.2, -0.15) is 0 Å². The lowest BCUT2D eigenvalue weighted by atomic mass is 9.82. The average Bonchev–Trinajstić information content (AvgIpc) is 2.54. The van der Waals surface area contributed by atoms with E-state index in [1.54, 1.807) is 0 Å². The molecule has 0 bridgehead atoms. The molecule has 1 aromatic rings. The van der Waals surface area contributed by atoms with E-state index in [4.69, 9.17) is 0 Å². The van der Waals surface area contributed by atoms with E-state index in [0.29, 0.717) is 11.8 Å². The van der Waals surface area contributed by atoms with Crippen LogP contribution in [0.2, 0.25) is 0 Å². The van der Waals surface area contributed by atoms with E-state index >= 15 is 0 Å². The number of Topliss-reactive ketones (excluding diaryl/α,β-unsaturated/α-hetero) is 1. The Hall–Kier alpha value is -1.89. The number of ketones is 1. The van der Waals surface area contributed by atoms with E-state index in [1.807, 2.05) is 0 Å². The molecule has 1 aliphatic carbocycles. The smallest absolute Gasteiger partial charge is 0.185 e. The van der Waals surface area contributed by atoms with Crippen molar-refractivity contribution in [3.05, 3.63) is 57.0 Å². The van der Waals surface area contributed by atoms with E-state index < -0.39 is 0 Å². The first-order valence-electron chi connectivity index (χ1n) is 9.89. The Balaban J connectivity index is 2.90. The van der Waals surface area contributed by atoms with Crippen LogP contribution in [0.1, 0.15) is 78.4 Å². The number of carbonyl (C=O) groups excluding carboxylic acids is 1. The van der Waals surface area contributed by atoms with Crippen molar-refractivity contribution >= 4 is 17.9 Å². The van der Waals surface area contributed by atoms with Crippen molar-refractivity contribution in [2.75, 3.05) is 0 Å². The second-order valence-electron chi connectivity index (χ2n) is 8.74. The third kappa shape index (κ3) is 3.92.